The minimum atomic E-state index is -0.118. The van der Waals surface area contributed by atoms with Gasteiger partial charge in [0.1, 0.15) is 0 Å². The van der Waals surface area contributed by atoms with Crippen LogP contribution in [0.3, 0.4) is 0 Å². The maximum atomic E-state index is 6.65. The summed E-state index contributed by atoms with van der Waals surface area (Å²) in [6.07, 6.45) is 22.3. The maximum absolute atomic E-state index is 6.65. The van der Waals surface area contributed by atoms with Crippen molar-refractivity contribution in [2.45, 2.75) is 142 Å². The first-order chi connectivity index (χ1) is 14.5. The number of hydrogen-bond acceptors (Lipinski definition) is 1. The predicted octanol–water partition coefficient (Wildman–Crippen LogP) is 9.41. The summed E-state index contributed by atoms with van der Waals surface area (Å²) in [6, 6.07) is 11.0. The summed E-state index contributed by atoms with van der Waals surface area (Å²) in [4.78, 5) is 0. The van der Waals surface area contributed by atoms with E-state index >= 15 is 0 Å². The van der Waals surface area contributed by atoms with E-state index in [1.165, 1.54) is 108 Å². The van der Waals surface area contributed by atoms with Crippen molar-refractivity contribution in [1.29, 1.82) is 0 Å². The van der Waals surface area contributed by atoms with E-state index in [-0.39, 0.29) is 5.54 Å². The number of nitrogens with two attached hydrogens (primary N) is 1. The molecule has 0 bridgehead atoms. The smallest absolute Gasteiger partial charge is 0.0131 e. The lowest BCUT2D eigenvalue weighted by molar-refractivity contribution is 0.240. The van der Waals surface area contributed by atoms with Gasteiger partial charge in [-0.05, 0) is 44.1 Å². The lowest BCUT2D eigenvalue weighted by Gasteiger charge is -2.37. The highest BCUT2D eigenvalue weighted by molar-refractivity contribution is 5.21. The van der Waals surface area contributed by atoms with Crippen LogP contribution >= 0.6 is 0 Å². The third-order valence-corrected chi connectivity index (χ3v) is 6.98. The second kappa shape index (κ2) is 16.8. The van der Waals surface area contributed by atoms with E-state index in [0.29, 0.717) is 11.8 Å². The third kappa shape index (κ3) is 12.1. The fraction of sp³-hybridized carbons (Fsp3) is 0.793. The largest absolute Gasteiger partial charge is 0.325 e. The van der Waals surface area contributed by atoms with E-state index in [4.69, 9.17) is 5.73 Å². The Hall–Kier alpha value is -0.820. The Bertz CT molecular complexity index is 487. The third-order valence-electron chi connectivity index (χ3n) is 6.98. The van der Waals surface area contributed by atoms with Gasteiger partial charge in [0.15, 0.2) is 0 Å². The topological polar surface area (TPSA) is 26.0 Å². The molecule has 1 rings (SSSR count). The molecule has 1 heteroatoms. The molecule has 2 unspecified atom stereocenters. The maximum Gasteiger partial charge on any atom is 0.0131 e. The zero-order valence-electron chi connectivity index (χ0n) is 20.9. The van der Waals surface area contributed by atoms with Crippen LogP contribution in [-0.2, 0) is 0 Å². The van der Waals surface area contributed by atoms with Crippen molar-refractivity contribution in [3.05, 3.63) is 35.9 Å². The molecule has 0 aliphatic carbocycles. The van der Waals surface area contributed by atoms with Crippen LogP contribution in [0.5, 0.6) is 0 Å². The molecular weight excluding hydrogens is 362 g/mol. The second-order valence-corrected chi connectivity index (χ2v) is 10.2. The van der Waals surface area contributed by atoms with E-state index in [0.717, 1.165) is 0 Å². The number of unbranched alkanes of at least 4 members (excludes halogenated alkanes) is 13. The van der Waals surface area contributed by atoms with E-state index < -0.39 is 0 Å². The van der Waals surface area contributed by atoms with E-state index in [2.05, 4.69) is 58.0 Å². The Morgan fingerprint density at radius 2 is 1.10 bits per heavy atom. The molecule has 30 heavy (non-hydrogen) atoms. The van der Waals surface area contributed by atoms with Gasteiger partial charge in [-0.1, -0.05) is 134 Å². The van der Waals surface area contributed by atoms with Crippen LogP contribution in [0.15, 0.2) is 30.3 Å². The van der Waals surface area contributed by atoms with Crippen molar-refractivity contribution in [2.24, 2.45) is 11.7 Å². The molecule has 1 aromatic rings. The standard InChI is InChI=1S/C29H53N/c1-5-7-8-9-10-11-12-13-14-15-16-17-18-22-25-28(29(3,4)30)27(6-2)26-23-20-19-21-24-26/h19-21,23-24,27-28H,5-18,22,25,30H2,1-4H3. The first kappa shape index (κ1) is 27.2. The van der Waals surface area contributed by atoms with Crippen molar-refractivity contribution in [2.75, 3.05) is 0 Å². The van der Waals surface area contributed by atoms with Crippen molar-refractivity contribution in [3.8, 4) is 0 Å². The summed E-state index contributed by atoms with van der Waals surface area (Å²) in [5.74, 6) is 1.13. The molecule has 0 saturated carbocycles. The van der Waals surface area contributed by atoms with Gasteiger partial charge in [-0.3, -0.25) is 0 Å². The molecule has 0 radical (unpaired) electrons. The lowest BCUT2D eigenvalue weighted by Crippen LogP contribution is -2.43. The van der Waals surface area contributed by atoms with Gasteiger partial charge in [0.2, 0.25) is 0 Å². The summed E-state index contributed by atoms with van der Waals surface area (Å²) < 4.78 is 0. The zero-order valence-corrected chi connectivity index (χ0v) is 20.9. The summed E-state index contributed by atoms with van der Waals surface area (Å²) >= 11 is 0. The highest BCUT2D eigenvalue weighted by Gasteiger charge is 2.32. The summed E-state index contributed by atoms with van der Waals surface area (Å²) in [5, 5.41) is 0. The molecule has 1 nitrogen and oxygen atoms in total. The first-order valence-electron chi connectivity index (χ1n) is 13.3. The van der Waals surface area contributed by atoms with E-state index in [1.807, 2.05) is 0 Å². The molecule has 0 aromatic heterocycles. The van der Waals surface area contributed by atoms with Crippen LogP contribution in [0.1, 0.15) is 142 Å². The average Bonchev–Trinajstić information content (AvgIpc) is 2.73. The highest BCUT2D eigenvalue weighted by atomic mass is 14.7. The Balaban J connectivity index is 2.15. The van der Waals surface area contributed by atoms with Crippen molar-refractivity contribution < 1.29 is 0 Å². The second-order valence-electron chi connectivity index (χ2n) is 10.2. The first-order valence-corrected chi connectivity index (χ1v) is 13.3. The zero-order chi connectivity index (χ0) is 22.1. The van der Waals surface area contributed by atoms with E-state index in [1.54, 1.807) is 0 Å². The molecule has 0 spiro atoms. The molecular formula is C29H53N. The summed E-state index contributed by atoms with van der Waals surface area (Å²) in [5.41, 5.74) is 8.00. The van der Waals surface area contributed by atoms with Gasteiger partial charge < -0.3 is 5.73 Å². The molecule has 0 amide bonds. The molecule has 0 fully saturated rings. The molecule has 174 valence electrons. The van der Waals surface area contributed by atoms with Gasteiger partial charge >= 0.3 is 0 Å². The number of benzene rings is 1. The Labute approximate surface area is 189 Å². The van der Waals surface area contributed by atoms with Gasteiger partial charge in [0.05, 0.1) is 0 Å². The average molecular weight is 416 g/mol. The van der Waals surface area contributed by atoms with Gasteiger partial charge in [0, 0.05) is 5.54 Å². The summed E-state index contributed by atoms with van der Waals surface area (Å²) in [6.45, 7) is 9.08. The fourth-order valence-electron chi connectivity index (χ4n) is 5.10. The van der Waals surface area contributed by atoms with Crippen LogP contribution in [0, 0.1) is 5.92 Å². The Morgan fingerprint density at radius 3 is 1.50 bits per heavy atom. The summed E-state index contributed by atoms with van der Waals surface area (Å²) in [7, 11) is 0. The number of hydrogen-bond donors (Lipinski definition) is 1. The normalized spacial score (nSPS) is 14.0. The van der Waals surface area contributed by atoms with Crippen LogP contribution < -0.4 is 5.73 Å². The molecule has 1 aromatic carbocycles. The minimum absolute atomic E-state index is 0.118. The fourth-order valence-corrected chi connectivity index (χ4v) is 5.10. The quantitative estimate of drug-likeness (QED) is 0.224. The molecule has 2 atom stereocenters. The molecule has 0 aliphatic rings. The highest BCUT2D eigenvalue weighted by Crippen LogP contribution is 2.37. The number of rotatable bonds is 19. The predicted molar refractivity (Wildman–Crippen MR) is 136 cm³/mol. The molecule has 0 heterocycles. The molecule has 0 aliphatic heterocycles. The van der Waals surface area contributed by atoms with Crippen molar-refractivity contribution in [1.82, 2.24) is 0 Å². The van der Waals surface area contributed by atoms with Crippen molar-refractivity contribution >= 4 is 0 Å². The van der Waals surface area contributed by atoms with Crippen molar-refractivity contribution in [3.63, 3.8) is 0 Å². The Kier molecular flexibility index (Phi) is 15.3. The molecule has 2 N–H and O–H groups in total. The van der Waals surface area contributed by atoms with Gasteiger partial charge in [-0.25, -0.2) is 0 Å². The van der Waals surface area contributed by atoms with E-state index in [9.17, 15) is 0 Å². The SMILES string of the molecule is CCCCCCCCCCCCCCCCC(C(CC)c1ccccc1)C(C)(C)N. The monoisotopic (exact) mass is 415 g/mol. The van der Waals surface area contributed by atoms with Gasteiger partial charge in [-0.2, -0.15) is 0 Å². The van der Waals surface area contributed by atoms with Crippen LogP contribution in [-0.4, -0.2) is 5.54 Å². The van der Waals surface area contributed by atoms with Gasteiger partial charge in [-0.15, -0.1) is 0 Å². The van der Waals surface area contributed by atoms with Crippen LogP contribution in [0.4, 0.5) is 0 Å². The lowest BCUT2D eigenvalue weighted by atomic mass is 9.71. The Morgan fingerprint density at radius 1 is 0.667 bits per heavy atom. The van der Waals surface area contributed by atoms with Crippen LogP contribution in [0.25, 0.3) is 0 Å². The molecule has 0 saturated heterocycles. The van der Waals surface area contributed by atoms with Gasteiger partial charge in [0.25, 0.3) is 0 Å². The minimum Gasteiger partial charge on any atom is -0.325 e. The van der Waals surface area contributed by atoms with Crippen LogP contribution in [0.2, 0.25) is 0 Å².